The van der Waals surface area contributed by atoms with Gasteiger partial charge in [0.25, 0.3) is 5.56 Å². The van der Waals surface area contributed by atoms with E-state index < -0.39 is 29.3 Å². The Hall–Kier alpha value is -3.23. The molecular formula is C22H17F5N2O2. The zero-order valence-corrected chi connectivity index (χ0v) is 16.1. The highest BCUT2D eigenvalue weighted by molar-refractivity contribution is 5.87. The maximum Gasteiger partial charge on any atom is 0.419 e. The van der Waals surface area contributed by atoms with Crippen molar-refractivity contribution in [2.24, 2.45) is 0 Å². The number of alkyl halides is 4. The minimum atomic E-state index is -4.85. The highest BCUT2D eigenvalue weighted by atomic mass is 19.4. The van der Waals surface area contributed by atoms with Gasteiger partial charge in [-0.3, -0.25) is 9.59 Å². The van der Waals surface area contributed by atoms with Crippen LogP contribution in [0, 0.1) is 5.82 Å². The maximum absolute atomic E-state index is 13.6. The van der Waals surface area contributed by atoms with Crippen LogP contribution in [-0.4, -0.2) is 34.6 Å². The first-order valence-corrected chi connectivity index (χ1v) is 9.55. The summed E-state index contributed by atoms with van der Waals surface area (Å²) in [4.78, 5) is 26.6. The number of carbonyl (C=O) groups is 1. The molecule has 3 aromatic rings. The number of halogens is 5. The van der Waals surface area contributed by atoms with E-state index in [0.29, 0.717) is 23.6 Å². The summed E-state index contributed by atoms with van der Waals surface area (Å²) < 4.78 is 67.2. The molecule has 0 aliphatic carbocycles. The third kappa shape index (κ3) is 4.17. The lowest BCUT2D eigenvalue weighted by Crippen LogP contribution is -2.35. The molecule has 1 aliphatic heterocycles. The van der Waals surface area contributed by atoms with Gasteiger partial charge >= 0.3 is 6.18 Å². The van der Waals surface area contributed by atoms with Crippen molar-refractivity contribution in [3.63, 3.8) is 0 Å². The fraction of sp³-hybridized carbons (Fsp3) is 0.273. The first-order chi connectivity index (χ1) is 14.6. The molecule has 31 heavy (non-hydrogen) atoms. The molecule has 1 aliphatic rings. The molecular weight excluding hydrogens is 419 g/mol. The quantitative estimate of drug-likeness (QED) is 0.572. The van der Waals surface area contributed by atoms with E-state index in [2.05, 4.69) is 0 Å². The lowest BCUT2D eigenvalue weighted by molar-refractivity contribution is -0.140. The Balaban J connectivity index is 1.70. The maximum atomic E-state index is 13.6. The summed E-state index contributed by atoms with van der Waals surface area (Å²) in [5.41, 5.74) is -1.48. The number of rotatable bonds is 3. The van der Waals surface area contributed by atoms with Gasteiger partial charge in [-0.25, -0.2) is 8.78 Å². The highest BCUT2D eigenvalue weighted by Gasteiger charge is 2.34. The second-order valence-corrected chi connectivity index (χ2v) is 7.47. The van der Waals surface area contributed by atoms with Crippen LogP contribution in [0.3, 0.4) is 0 Å². The fourth-order valence-electron chi connectivity index (χ4n) is 3.70. The van der Waals surface area contributed by atoms with Gasteiger partial charge < -0.3 is 9.47 Å². The van der Waals surface area contributed by atoms with Crippen LogP contribution < -0.4 is 5.56 Å². The van der Waals surface area contributed by atoms with Gasteiger partial charge in [0.1, 0.15) is 18.5 Å². The average molecular weight is 436 g/mol. The molecule has 4 nitrogen and oxygen atoms in total. The Morgan fingerprint density at radius 2 is 1.77 bits per heavy atom. The smallest absolute Gasteiger partial charge is 0.338 e. The number of amides is 1. The molecule has 2 aromatic carbocycles. The standard InChI is InChI=1S/C22H17F5N2O2/c23-16-6-8-28(11-16)20(30)12-29-7-5-13-1-2-14(9-17(13)21(29)31)15-3-4-19(24)18(10-15)22(25,26)27/h1-5,7,9-10,16H,6,8,11-12H2. The zero-order chi connectivity index (χ0) is 22.3. The molecule has 4 rings (SSSR count). The van der Waals surface area contributed by atoms with Crippen LogP contribution in [0.5, 0.6) is 0 Å². The predicted octanol–water partition coefficient (Wildman–Crippen LogP) is 4.40. The molecule has 0 radical (unpaired) electrons. The van der Waals surface area contributed by atoms with Crippen molar-refractivity contribution in [2.45, 2.75) is 25.3 Å². The van der Waals surface area contributed by atoms with Crippen molar-refractivity contribution >= 4 is 16.7 Å². The number of nitrogens with zero attached hydrogens (tertiary/aromatic N) is 2. The Morgan fingerprint density at radius 3 is 2.45 bits per heavy atom. The van der Waals surface area contributed by atoms with Gasteiger partial charge in [0.2, 0.25) is 5.91 Å². The van der Waals surface area contributed by atoms with Crippen LogP contribution in [0.4, 0.5) is 22.0 Å². The molecule has 1 fully saturated rings. The van der Waals surface area contributed by atoms with Gasteiger partial charge in [-0.15, -0.1) is 0 Å². The Morgan fingerprint density at radius 1 is 1.06 bits per heavy atom. The number of hydrogen-bond acceptors (Lipinski definition) is 2. The Labute approximate surface area is 173 Å². The lowest BCUT2D eigenvalue weighted by atomic mass is 10.00. The van der Waals surface area contributed by atoms with E-state index in [1.54, 1.807) is 12.1 Å². The van der Waals surface area contributed by atoms with Crippen molar-refractivity contribution in [1.82, 2.24) is 9.47 Å². The number of likely N-dealkylation sites (tertiary alicyclic amines) is 1. The Bertz CT molecular complexity index is 1220. The van der Waals surface area contributed by atoms with Crippen LogP contribution in [-0.2, 0) is 17.5 Å². The van der Waals surface area contributed by atoms with Crippen molar-refractivity contribution in [2.75, 3.05) is 13.1 Å². The first kappa shape index (κ1) is 21.0. The summed E-state index contributed by atoms with van der Waals surface area (Å²) in [7, 11) is 0. The number of fused-ring (bicyclic) bond motifs is 1. The third-order valence-corrected chi connectivity index (χ3v) is 5.37. The van der Waals surface area contributed by atoms with Gasteiger partial charge in [0, 0.05) is 18.1 Å². The lowest BCUT2D eigenvalue weighted by Gasteiger charge is -2.16. The molecule has 0 spiro atoms. The fourth-order valence-corrected chi connectivity index (χ4v) is 3.70. The topological polar surface area (TPSA) is 42.3 Å². The van der Waals surface area contributed by atoms with E-state index >= 15 is 0 Å². The van der Waals surface area contributed by atoms with E-state index in [1.807, 2.05) is 0 Å². The van der Waals surface area contributed by atoms with Crippen molar-refractivity contribution < 1.29 is 26.7 Å². The molecule has 0 bridgehead atoms. The molecule has 9 heteroatoms. The molecule has 0 saturated carbocycles. The van der Waals surface area contributed by atoms with Crippen LogP contribution in [0.25, 0.3) is 21.9 Å². The first-order valence-electron chi connectivity index (χ1n) is 9.55. The van der Waals surface area contributed by atoms with Gasteiger partial charge in [0.05, 0.1) is 12.1 Å². The number of hydrogen-bond donors (Lipinski definition) is 0. The largest absolute Gasteiger partial charge is 0.419 e. The average Bonchev–Trinajstić information content (AvgIpc) is 3.16. The molecule has 1 aromatic heterocycles. The SMILES string of the molecule is O=C(Cn1ccc2ccc(-c3ccc(F)c(C(F)(F)F)c3)cc2c1=O)N1CCC(F)C1. The molecule has 1 unspecified atom stereocenters. The molecule has 1 saturated heterocycles. The zero-order valence-electron chi connectivity index (χ0n) is 16.1. The van der Waals surface area contributed by atoms with E-state index in [-0.39, 0.29) is 36.4 Å². The van der Waals surface area contributed by atoms with E-state index in [0.717, 1.165) is 6.07 Å². The second-order valence-electron chi connectivity index (χ2n) is 7.47. The Kier molecular flexibility index (Phi) is 5.28. The number of aromatic nitrogens is 1. The number of pyridine rings is 1. The van der Waals surface area contributed by atoms with Crippen molar-refractivity contribution in [3.8, 4) is 11.1 Å². The predicted molar refractivity (Wildman–Crippen MR) is 105 cm³/mol. The minimum Gasteiger partial charge on any atom is -0.338 e. The van der Waals surface area contributed by atoms with Gasteiger partial charge in [-0.2, -0.15) is 13.2 Å². The molecule has 1 atom stereocenters. The van der Waals surface area contributed by atoms with E-state index in [1.165, 1.54) is 33.9 Å². The summed E-state index contributed by atoms with van der Waals surface area (Å²) >= 11 is 0. The summed E-state index contributed by atoms with van der Waals surface area (Å²) in [6.45, 7) is 0.0243. The van der Waals surface area contributed by atoms with Gasteiger partial charge in [-0.1, -0.05) is 18.2 Å². The summed E-state index contributed by atoms with van der Waals surface area (Å²) in [5, 5.41) is 0.746. The third-order valence-electron chi connectivity index (χ3n) is 5.37. The van der Waals surface area contributed by atoms with Crippen LogP contribution in [0.1, 0.15) is 12.0 Å². The van der Waals surface area contributed by atoms with Gasteiger partial charge in [-0.05, 0) is 47.2 Å². The summed E-state index contributed by atoms with van der Waals surface area (Å²) in [6.07, 6.45) is -4.21. The normalized spacial score (nSPS) is 16.8. The van der Waals surface area contributed by atoms with E-state index in [9.17, 15) is 31.5 Å². The number of benzene rings is 2. The van der Waals surface area contributed by atoms with Crippen LogP contribution in [0.2, 0.25) is 0 Å². The number of carbonyl (C=O) groups excluding carboxylic acids is 1. The van der Waals surface area contributed by atoms with Crippen LogP contribution in [0.15, 0.2) is 53.5 Å². The minimum absolute atomic E-state index is 0.00256. The monoisotopic (exact) mass is 436 g/mol. The van der Waals surface area contributed by atoms with Crippen molar-refractivity contribution in [1.29, 1.82) is 0 Å². The molecule has 162 valence electrons. The molecule has 0 N–H and O–H groups in total. The summed E-state index contributed by atoms with van der Waals surface area (Å²) in [5.74, 6) is -1.76. The van der Waals surface area contributed by atoms with Gasteiger partial charge in [0.15, 0.2) is 0 Å². The second kappa shape index (κ2) is 7.79. The van der Waals surface area contributed by atoms with E-state index in [4.69, 9.17) is 0 Å². The summed E-state index contributed by atoms with van der Waals surface area (Å²) in [6, 6.07) is 8.78. The van der Waals surface area contributed by atoms with Crippen LogP contribution >= 0.6 is 0 Å². The van der Waals surface area contributed by atoms with Crippen molar-refractivity contribution in [3.05, 3.63) is 70.4 Å². The highest BCUT2D eigenvalue weighted by Crippen LogP contribution is 2.34. The molecule has 1 amide bonds. The molecule has 2 heterocycles.